The average molecular weight is 248 g/mol. The maximum absolute atomic E-state index is 13.4. The first-order valence-electron chi connectivity index (χ1n) is 6.00. The molecular weight excluding hydrogens is 231 g/mol. The lowest BCUT2D eigenvalue weighted by molar-refractivity contribution is 0.560. The molecule has 0 amide bonds. The van der Waals surface area contributed by atoms with Gasteiger partial charge in [0, 0.05) is 19.0 Å². The van der Waals surface area contributed by atoms with Gasteiger partial charge in [0.2, 0.25) is 0 Å². The van der Waals surface area contributed by atoms with E-state index in [1.54, 1.807) is 19.1 Å². The van der Waals surface area contributed by atoms with Gasteiger partial charge in [-0.15, -0.1) is 0 Å². The van der Waals surface area contributed by atoms with Crippen molar-refractivity contribution >= 4 is 0 Å². The van der Waals surface area contributed by atoms with Crippen LogP contribution >= 0.6 is 0 Å². The third-order valence-electron chi connectivity index (χ3n) is 2.97. The van der Waals surface area contributed by atoms with Crippen molar-refractivity contribution < 1.29 is 4.39 Å². The normalized spacial score (nSPS) is 12.6. The summed E-state index contributed by atoms with van der Waals surface area (Å²) < 4.78 is 13.4. The highest BCUT2D eigenvalue weighted by molar-refractivity contribution is 5.25. The largest absolute Gasteiger partial charge is 0.310 e. The van der Waals surface area contributed by atoms with Crippen molar-refractivity contribution in [3.8, 4) is 0 Å². The standard InChI is InChI=1S/C13H17FN4/c1-9-3-4-11(7-12(9)14)10(2)15-6-5-13-16-8-17-18-13/h3-4,7-8,10,15H,5-6H2,1-2H3,(H,16,17,18). The van der Waals surface area contributed by atoms with Crippen LogP contribution < -0.4 is 5.32 Å². The number of nitrogens with zero attached hydrogens (tertiary/aromatic N) is 2. The minimum absolute atomic E-state index is 0.114. The Kier molecular flexibility index (Phi) is 4.04. The van der Waals surface area contributed by atoms with Crippen molar-refractivity contribution in [3.05, 3.63) is 47.3 Å². The highest BCUT2D eigenvalue weighted by Gasteiger charge is 2.07. The van der Waals surface area contributed by atoms with Crippen LogP contribution in [0.15, 0.2) is 24.5 Å². The minimum atomic E-state index is -0.156. The van der Waals surface area contributed by atoms with Gasteiger partial charge < -0.3 is 5.32 Å². The number of halogens is 1. The number of aromatic nitrogens is 3. The summed E-state index contributed by atoms with van der Waals surface area (Å²) in [6, 6.07) is 5.45. The smallest absolute Gasteiger partial charge is 0.137 e. The van der Waals surface area contributed by atoms with Gasteiger partial charge in [0.05, 0.1) is 0 Å². The zero-order valence-electron chi connectivity index (χ0n) is 10.6. The molecule has 0 aliphatic carbocycles. The Labute approximate surface area is 106 Å². The molecule has 1 atom stereocenters. The number of H-pyrrole nitrogens is 1. The van der Waals surface area contributed by atoms with Crippen molar-refractivity contribution in [2.24, 2.45) is 0 Å². The molecule has 0 spiro atoms. The molecule has 1 heterocycles. The fraction of sp³-hybridized carbons (Fsp3) is 0.385. The summed E-state index contributed by atoms with van der Waals surface area (Å²) in [5, 5.41) is 9.92. The third kappa shape index (κ3) is 3.13. The van der Waals surface area contributed by atoms with Gasteiger partial charge in [0.15, 0.2) is 0 Å². The van der Waals surface area contributed by atoms with Gasteiger partial charge in [0.25, 0.3) is 0 Å². The van der Waals surface area contributed by atoms with E-state index in [4.69, 9.17) is 0 Å². The monoisotopic (exact) mass is 248 g/mol. The van der Waals surface area contributed by atoms with Crippen molar-refractivity contribution in [1.29, 1.82) is 0 Å². The summed E-state index contributed by atoms with van der Waals surface area (Å²) in [5.74, 6) is 0.696. The van der Waals surface area contributed by atoms with Gasteiger partial charge in [-0.05, 0) is 31.0 Å². The van der Waals surface area contributed by atoms with Gasteiger partial charge in [-0.3, -0.25) is 5.10 Å². The van der Waals surface area contributed by atoms with Crippen LogP contribution in [-0.2, 0) is 6.42 Å². The van der Waals surface area contributed by atoms with Crippen LogP contribution in [0.5, 0.6) is 0 Å². The van der Waals surface area contributed by atoms with Crippen molar-refractivity contribution in [3.63, 3.8) is 0 Å². The van der Waals surface area contributed by atoms with Crippen LogP contribution in [0, 0.1) is 12.7 Å². The average Bonchev–Trinajstić information content (AvgIpc) is 2.85. The lowest BCUT2D eigenvalue weighted by atomic mass is 10.1. The van der Waals surface area contributed by atoms with E-state index < -0.39 is 0 Å². The molecule has 18 heavy (non-hydrogen) atoms. The lowest BCUT2D eigenvalue weighted by Gasteiger charge is -2.14. The Bertz CT molecular complexity index is 496. The van der Waals surface area contributed by atoms with E-state index in [1.807, 2.05) is 13.0 Å². The summed E-state index contributed by atoms with van der Waals surface area (Å²) in [6.45, 7) is 4.55. The summed E-state index contributed by atoms with van der Waals surface area (Å²) in [4.78, 5) is 4.04. The molecule has 0 fully saturated rings. The predicted molar refractivity (Wildman–Crippen MR) is 67.6 cm³/mol. The number of nitrogens with one attached hydrogen (secondary N) is 2. The highest BCUT2D eigenvalue weighted by atomic mass is 19.1. The Hall–Kier alpha value is -1.75. The summed E-state index contributed by atoms with van der Waals surface area (Å²) in [5.41, 5.74) is 1.63. The molecule has 2 aromatic rings. The Balaban J connectivity index is 1.87. The Morgan fingerprint density at radius 2 is 2.28 bits per heavy atom. The predicted octanol–water partition coefficient (Wildman–Crippen LogP) is 2.15. The summed E-state index contributed by atoms with van der Waals surface area (Å²) >= 11 is 0. The van der Waals surface area contributed by atoms with Crippen LogP contribution in [0.3, 0.4) is 0 Å². The molecule has 0 aliphatic rings. The van der Waals surface area contributed by atoms with E-state index >= 15 is 0 Å². The first kappa shape index (κ1) is 12.7. The van der Waals surface area contributed by atoms with Crippen molar-refractivity contribution in [2.75, 3.05) is 6.54 Å². The van der Waals surface area contributed by atoms with Crippen molar-refractivity contribution in [1.82, 2.24) is 20.5 Å². The van der Waals surface area contributed by atoms with E-state index in [9.17, 15) is 4.39 Å². The molecular formula is C13H17FN4. The second-order valence-corrected chi connectivity index (χ2v) is 4.37. The molecule has 96 valence electrons. The highest BCUT2D eigenvalue weighted by Crippen LogP contribution is 2.16. The maximum atomic E-state index is 13.4. The zero-order chi connectivity index (χ0) is 13.0. The molecule has 0 bridgehead atoms. The maximum Gasteiger partial charge on any atom is 0.137 e. The van der Waals surface area contributed by atoms with Gasteiger partial charge in [-0.1, -0.05) is 12.1 Å². The first-order valence-corrected chi connectivity index (χ1v) is 6.00. The lowest BCUT2D eigenvalue weighted by Crippen LogP contribution is -2.21. The molecule has 1 aromatic carbocycles. The molecule has 0 saturated heterocycles. The van der Waals surface area contributed by atoms with E-state index in [1.165, 1.54) is 6.33 Å². The van der Waals surface area contributed by atoms with Gasteiger partial charge >= 0.3 is 0 Å². The molecule has 1 unspecified atom stereocenters. The van der Waals surface area contributed by atoms with E-state index in [2.05, 4.69) is 20.5 Å². The molecule has 0 radical (unpaired) electrons. The van der Waals surface area contributed by atoms with Crippen molar-refractivity contribution in [2.45, 2.75) is 26.3 Å². The van der Waals surface area contributed by atoms with Crippen LogP contribution in [0.2, 0.25) is 0 Å². The SMILES string of the molecule is Cc1ccc(C(C)NCCc2ncn[nH]2)cc1F. The van der Waals surface area contributed by atoms with Crippen LogP contribution in [-0.4, -0.2) is 21.7 Å². The van der Waals surface area contributed by atoms with Gasteiger partial charge in [0.1, 0.15) is 18.0 Å². The first-order chi connectivity index (χ1) is 8.66. The molecule has 4 nitrogen and oxygen atoms in total. The van der Waals surface area contributed by atoms with E-state index in [0.717, 1.165) is 24.4 Å². The molecule has 2 N–H and O–H groups in total. The molecule has 0 saturated carbocycles. The number of hydrogen-bond donors (Lipinski definition) is 2. The quantitative estimate of drug-likeness (QED) is 0.852. The summed E-state index contributed by atoms with van der Waals surface area (Å²) in [6.07, 6.45) is 2.27. The number of aryl methyl sites for hydroxylation is 1. The fourth-order valence-corrected chi connectivity index (χ4v) is 1.75. The number of hydrogen-bond acceptors (Lipinski definition) is 3. The third-order valence-corrected chi connectivity index (χ3v) is 2.97. The minimum Gasteiger partial charge on any atom is -0.310 e. The number of aromatic amines is 1. The van der Waals surface area contributed by atoms with E-state index in [-0.39, 0.29) is 11.9 Å². The van der Waals surface area contributed by atoms with Crippen LogP contribution in [0.1, 0.15) is 29.9 Å². The van der Waals surface area contributed by atoms with Crippen LogP contribution in [0.4, 0.5) is 4.39 Å². The number of rotatable bonds is 5. The molecule has 1 aromatic heterocycles. The Morgan fingerprint density at radius 3 is 2.94 bits per heavy atom. The van der Waals surface area contributed by atoms with Gasteiger partial charge in [-0.2, -0.15) is 5.10 Å². The second-order valence-electron chi connectivity index (χ2n) is 4.37. The molecule has 5 heteroatoms. The second kappa shape index (κ2) is 5.73. The number of benzene rings is 1. The summed E-state index contributed by atoms with van der Waals surface area (Å²) in [7, 11) is 0. The molecule has 2 rings (SSSR count). The van der Waals surface area contributed by atoms with E-state index in [0.29, 0.717) is 5.56 Å². The molecule has 0 aliphatic heterocycles. The Morgan fingerprint density at radius 1 is 1.44 bits per heavy atom. The van der Waals surface area contributed by atoms with Crippen LogP contribution in [0.25, 0.3) is 0 Å². The van der Waals surface area contributed by atoms with Gasteiger partial charge in [-0.25, -0.2) is 9.37 Å². The fourth-order valence-electron chi connectivity index (χ4n) is 1.75. The topological polar surface area (TPSA) is 53.6 Å². The zero-order valence-corrected chi connectivity index (χ0v) is 10.6.